The molecule has 0 radical (unpaired) electrons. The first kappa shape index (κ1) is 12.9. The fourth-order valence-electron chi connectivity index (χ4n) is 4.16. The van der Waals surface area contributed by atoms with Crippen LogP contribution < -0.4 is 5.32 Å². The number of carbonyl (C=O) groups is 2. The quantitative estimate of drug-likeness (QED) is 0.797. The van der Waals surface area contributed by atoms with Crippen molar-refractivity contribution in [3.8, 4) is 0 Å². The summed E-state index contributed by atoms with van der Waals surface area (Å²) in [5, 5.41) is 12.2. The van der Waals surface area contributed by atoms with Gasteiger partial charge in [0, 0.05) is 13.2 Å². The molecule has 3 fully saturated rings. The second-order valence-electron chi connectivity index (χ2n) is 6.10. The molecule has 2 N–H and O–H groups in total. The van der Waals surface area contributed by atoms with Crippen LogP contribution in [0.2, 0.25) is 0 Å². The number of carbonyl (C=O) groups excluding carboxylic acids is 1. The zero-order valence-electron chi connectivity index (χ0n) is 11.0. The molecule has 1 amide bonds. The van der Waals surface area contributed by atoms with E-state index >= 15 is 0 Å². The van der Waals surface area contributed by atoms with Gasteiger partial charge in [-0.3, -0.25) is 9.59 Å². The van der Waals surface area contributed by atoms with Gasteiger partial charge in [0.15, 0.2) is 0 Å². The van der Waals surface area contributed by atoms with E-state index in [1.54, 1.807) is 0 Å². The van der Waals surface area contributed by atoms with E-state index in [0.29, 0.717) is 6.54 Å². The molecular weight excluding hydrogens is 246 g/mol. The molecule has 1 heterocycles. The first-order valence-electron chi connectivity index (χ1n) is 7.29. The molecule has 0 aromatic rings. The van der Waals surface area contributed by atoms with Crippen LogP contribution >= 0.6 is 0 Å². The maximum absolute atomic E-state index is 12.3. The van der Waals surface area contributed by atoms with Gasteiger partial charge in [-0.1, -0.05) is 0 Å². The lowest BCUT2D eigenvalue weighted by Crippen LogP contribution is -2.43. The van der Waals surface area contributed by atoms with Gasteiger partial charge >= 0.3 is 5.97 Å². The lowest BCUT2D eigenvalue weighted by molar-refractivity contribution is -0.149. The van der Waals surface area contributed by atoms with Gasteiger partial charge < -0.3 is 15.2 Å². The van der Waals surface area contributed by atoms with Gasteiger partial charge in [0.25, 0.3) is 0 Å². The van der Waals surface area contributed by atoms with Crippen molar-refractivity contribution in [1.82, 2.24) is 5.32 Å². The van der Waals surface area contributed by atoms with E-state index in [0.717, 1.165) is 38.7 Å². The van der Waals surface area contributed by atoms with Gasteiger partial charge in [0.05, 0.1) is 17.9 Å². The third-order valence-electron chi connectivity index (χ3n) is 5.03. The molecule has 19 heavy (non-hydrogen) atoms. The van der Waals surface area contributed by atoms with E-state index in [4.69, 9.17) is 4.74 Å². The van der Waals surface area contributed by atoms with Crippen molar-refractivity contribution in [1.29, 1.82) is 0 Å². The molecule has 3 aliphatic rings. The van der Waals surface area contributed by atoms with Gasteiger partial charge in [-0.05, 0) is 43.9 Å². The third kappa shape index (κ3) is 2.36. The van der Waals surface area contributed by atoms with Crippen LogP contribution in [0.25, 0.3) is 0 Å². The molecule has 0 aromatic heterocycles. The molecule has 0 aromatic carbocycles. The number of hydrogen-bond donors (Lipinski definition) is 2. The van der Waals surface area contributed by atoms with E-state index in [1.807, 2.05) is 0 Å². The highest BCUT2D eigenvalue weighted by Gasteiger charge is 2.53. The van der Waals surface area contributed by atoms with Crippen LogP contribution in [0.4, 0.5) is 0 Å². The average molecular weight is 267 g/mol. The highest BCUT2D eigenvalue weighted by Crippen LogP contribution is 2.52. The Morgan fingerprint density at radius 3 is 2.53 bits per heavy atom. The Morgan fingerprint density at radius 1 is 1.16 bits per heavy atom. The van der Waals surface area contributed by atoms with Crippen LogP contribution in [-0.2, 0) is 14.3 Å². The van der Waals surface area contributed by atoms with Gasteiger partial charge in [0.2, 0.25) is 5.91 Å². The van der Waals surface area contributed by atoms with E-state index in [2.05, 4.69) is 5.32 Å². The van der Waals surface area contributed by atoms with Crippen LogP contribution in [-0.4, -0.2) is 36.2 Å². The summed E-state index contributed by atoms with van der Waals surface area (Å²) in [5.41, 5.74) is 0. The van der Waals surface area contributed by atoms with Crippen LogP contribution in [0.5, 0.6) is 0 Å². The minimum Gasteiger partial charge on any atom is -0.481 e. The average Bonchev–Trinajstić information content (AvgIpc) is 3.10. The first-order chi connectivity index (χ1) is 9.16. The smallest absolute Gasteiger partial charge is 0.307 e. The number of aliphatic carboxylic acids is 1. The highest BCUT2D eigenvalue weighted by atomic mass is 16.5. The minimum absolute atomic E-state index is 0.0740. The van der Waals surface area contributed by atoms with Gasteiger partial charge in [0.1, 0.15) is 0 Å². The van der Waals surface area contributed by atoms with Gasteiger partial charge in [-0.25, -0.2) is 0 Å². The van der Waals surface area contributed by atoms with Crippen molar-refractivity contribution < 1.29 is 19.4 Å². The lowest BCUT2D eigenvalue weighted by atomic mass is 9.78. The van der Waals surface area contributed by atoms with Gasteiger partial charge in [-0.15, -0.1) is 0 Å². The van der Waals surface area contributed by atoms with Crippen LogP contribution in [0.15, 0.2) is 0 Å². The Morgan fingerprint density at radius 2 is 1.89 bits per heavy atom. The summed E-state index contributed by atoms with van der Waals surface area (Å²) >= 11 is 0. The summed E-state index contributed by atoms with van der Waals surface area (Å²) < 4.78 is 5.47. The molecule has 106 valence electrons. The zero-order valence-corrected chi connectivity index (χ0v) is 11.0. The zero-order chi connectivity index (χ0) is 13.4. The van der Waals surface area contributed by atoms with Crippen LogP contribution in [0, 0.1) is 23.7 Å². The predicted octanol–water partition coefficient (Wildman–Crippen LogP) is 1.03. The lowest BCUT2D eigenvalue weighted by Gasteiger charge is -2.27. The van der Waals surface area contributed by atoms with Crippen molar-refractivity contribution in [3.05, 3.63) is 0 Å². The third-order valence-corrected chi connectivity index (χ3v) is 5.03. The number of rotatable bonds is 4. The maximum Gasteiger partial charge on any atom is 0.307 e. The number of hydrogen-bond acceptors (Lipinski definition) is 3. The number of fused-ring (bicyclic) bond motifs is 2. The number of nitrogens with one attached hydrogen (secondary N) is 1. The molecular formula is C14H21NO4. The SMILES string of the molecule is O=C(O)[C@@H]1[C@@H]2CC[C@@H](C2)[C@@H]1C(=O)NC[C@@H]1CCCO1. The highest BCUT2D eigenvalue weighted by molar-refractivity contribution is 5.86. The normalized spacial score (nSPS) is 40.5. The van der Waals surface area contributed by atoms with E-state index < -0.39 is 11.9 Å². The summed E-state index contributed by atoms with van der Waals surface area (Å²) in [4.78, 5) is 23.6. The monoisotopic (exact) mass is 267 g/mol. The van der Waals surface area contributed by atoms with Crippen LogP contribution in [0.3, 0.4) is 0 Å². The van der Waals surface area contributed by atoms with Crippen LogP contribution in [0.1, 0.15) is 32.1 Å². The summed E-state index contributed by atoms with van der Waals surface area (Å²) in [6.45, 7) is 1.30. The number of carboxylic acids is 1. The summed E-state index contributed by atoms with van der Waals surface area (Å²) in [6, 6.07) is 0. The topological polar surface area (TPSA) is 75.6 Å². The Balaban J connectivity index is 1.60. The fraction of sp³-hybridized carbons (Fsp3) is 0.857. The Kier molecular flexibility index (Phi) is 3.48. The molecule has 5 heteroatoms. The second kappa shape index (κ2) is 5.12. The molecule has 1 saturated heterocycles. The minimum atomic E-state index is -0.801. The van der Waals surface area contributed by atoms with Crippen molar-refractivity contribution in [3.63, 3.8) is 0 Å². The molecule has 0 spiro atoms. The first-order valence-corrected chi connectivity index (χ1v) is 7.29. The molecule has 2 bridgehead atoms. The van der Waals surface area contributed by atoms with E-state index in [9.17, 15) is 14.7 Å². The summed E-state index contributed by atoms with van der Waals surface area (Å²) in [7, 11) is 0. The predicted molar refractivity (Wildman–Crippen MR) is 67.4 cm³/mol. The van der Waals surface area contributed by atoms with Crippen molar-refractivity contribution in [2.45, 2.75) is 38.2 Å². The number of carboxylic acid groups (broad SMARTS) is 1. The largest absolute Gasteiger partial charge is 0.481 e. The standard InChI is InChI=1S/C14H21NO4/c16-13(15-7-10-2-1-5-19-10)11-8-3-4-9(6-8)12(11)14(17)18/h8-12H,1-7H2,(H,15,16)(H,17,18)/t8-,9+,10-,11-,12+/m0/s1. The Hall–Kier alpha value is -1.10. The second-order valence-corrected chi connectivity index (χ2v) is 6.10. The molecule has 2 aliphatic carbocycles. The van der Waals surface area contributed by atoms with Crippen molar-refractivity contribution in [2.75, 3.05) is 13.2 Å². The molecule has 0 unspecified atom stereocenters. The fourth-order valence-corrected chi connectivity index (χ4v) is 4.16. The Bertz CT molecular complexity index is 378. The van der Waals surface area contributed by atoms with Crippen molar-refractivity contribution >= 4 is 11.9 Å². The van der Waals surface area contributed by atoms with Gasteiger partial charge in [-0.2, -0.15) is 0 Å². The molecule has 2 saturated carbocycles. The summed E-state index contributed by atoms with van der Waals surface area (Å²) in [6.07, 6.45) is 5.04. The maximum atomic E-state index is 12.3. The van der Waals surface area contributed by atoms with Crippen molar-refractivity contribution in [2.24, 2.45) is 23.7 Å². The Labute approximate surface area is 112 Å². The van der Waals surface area contributed by atoms with E-state index in [-0.39, 0.29) is 29.8 Å². The molecule has 3 rings (SSSR count). The molecule has 5 nitrogen and oxygen atoms in total. The molecule has 5 atom stereocenters. The van der Waals surface area contributed by atoms with E-state index in [1.165, 1.54) is 0 Å². The summed E-state index contributed by atoms with van der Waals surface area (Å²) in [5.74, 6) is -1.18. The number of amides is 1. The molecule has 1 aliphatic heterocycles. The number of ether oxygens (including phenoxy) is 1.